The van der Waals surface area contributed by atoms with Crippen LogP contribution in [0.15, 0.2) is 34.9 Å². The van der Waals surface area contributed by atoms with Crippen LogP contribution in [0.4, 0.5) is 0 Å². The van der Waals surface area contributed by atoms with Gasteiger partial charge in [0.25, 0.3) is 0 Å². The fraction of sp³-hybridized carbons (Fsp3) is 0.0833. The summed E-state index contributed by atoms with van der Waals surface area (Å²) < 4.78 is 0.376. The summed E-state index contributed by atoms with van der Waals surface area (Å²) in [6, 6.07) is 7.59. The second-order valence-electron chi connectivity index (χ2n) is 3.56. The Kier molecular flexibility index (Phi) is 3.19. The standard InChI is InChI=1S/C12H9BrN2O2/c1-7-2-4-8(5-3-7)11-14-6-9(13)10(15-11)12(16)17/h2-6H,1H3,(H,16,17). The zero-order valence-electron chi connectivity index (χ0n) is 9.01. The van der Waals surface area contributed by atoms with Crippen LogP contribution in [0, 0.1) is 6.92 Å². The van der Waals surface area contributed by atoms with Crippen LogP contribution in [0.25, 0.3) is 11.4 Å². The lowest BCUT2D eigenvalue weighted by molar-refractivity contribution is 0.0689. The summed E-state index contributed by atoms with van der Waals surface area (Å²) in [6.07, 6.45) is 1.45. The second-order valence-corrected chi connectivity index (χ2v) is 4.42. The van der Waals surface area contributed by atoms with E-state index >= 15 is 0 Å². The van der Waals surface area contributed by atoms with E-state index in [1.165, 1.54) is 6.20 Å². The van der Waals surface area contributed by atoms with E-state index in [4.69, 9.17) is 5.11 Å². The zero-order valence-corrected chi connectivity index (χ0v) is 10.6. The Balaban J connectivity index is 2.50. The van der Waals surface area contributed by atoms with E-state index in [-0.39, 0.29) is 5.69 Å². The summed E-state index contributed by atoms with van der Waals surface area (Å²) in [5.41, 5.74) is 1.89. The van der Waals surface area contributed by atoms with E-state index in [1.54, 1.807) is 0 Å². The van der Waals surface area contributed by atoms with Crippen molar-refractivity contribution in [2.75, 3.05) is 0 Å². The molecule has 0 aliphatic heterocycles. The number of aromatic nitrogens is 2. The Morgan fingerprint density at radius 3 is 2.53 bits per heavy atom. The zero-order chi connectivity index (χ0) is 12.4. The molecule has 0 fully saturated rings. The maximum absolute atomic E-state index is 10.9. The molecule has 1 aromatic carbocycles. The number of aryl methyl sites for hydroxylation is 1. The van der Waals surface area contributed by atoms with E-state index in [1.807, 2.05) is 31.2 Å². The van der Waals surface area contributed by atoms with Gasteiger partial charge in [-0.05, 0) is 22.9 Å². The molecule has 1 heterocycles. The van der Waals surface area contributed by atoms with Gasteiger partial charge >= 0.3 is 5.97 Å². The van der Waals surface area contributed by atoms with Crippen molar-refractivity contribution in [1.82, 2.24) is 9.97 Å². The molecule has 1 N–H and O–H groups in total. The lowest BCUT2D eigenvalue weighted by Gasteiger charge is -2.03. The highest BCUT2D eigenvalue weighted by Crippen LogP contribution is 2.19. The van der Waals surface area contributed by atoms with Gasteiger partial charge in [0.2, 0.25) is 0 Å². The van der Waals surface area contributed by atoms with Crippen molar-refractivity contribution < 1.29 is 9.90 Å². The predicted octanol–water partition coefficient (Wildman–Crippen LogP) is 2.91. The van der Waals surface area contributed by atoms with Crippen molar-refractivity contribution in [3.05, 3.63) is 46.2 Å². The lowest BCUT2D eigenvalue weighted by Crippen LogP contribution is -2.04. The monoisotopic (exact) mass is 292 g/mol. The first kappa shape index (κ1) is 11.7. The van der Waals surface area contributed by atoms with Gasteiger partial charge in [-0.25, -0.2) is 14.8 Å². The molecule has 0 unspecified atom stereocenters. The van der Waals surface area contributed by atoms with Crippen LogP contribution in [0.3, 0.4) is 0 Å². The molecule has 2 rings (SSSR count). The van der Waals surface area contributed by atoms with Gasteiger partial charge in [-0.1, -0.05) is 29.8 Å². The third kappa shape index (κ3) is 2.50. The van der Waals surface area contributed by atoms with E-state index in [9.17, 15) is 4.79 Å². The fourth-order valence-electron chi connectivity index (χ4n) is 1.36. The molecule has 5 heteroatoms. The molecule has 0 radical (unpaired) electrons. The van der Waals surface area contributed by atoms with Gasteiger partial charge in [0, 0.05) is 11.8 Å². The highest BCUT2D eigenvalue weighted by atomic mass is 79.9. The Labute approximate surface area is 106 Å². The first-order valence-corrected chi connectivity index (χ1v) is 5.70. The molecule has 86 valence electrons. The maximum Gasteiger partial charge on any atom is 0.355 e. The Hall–Kier alpha value is -1.75. The van der Waals surface area contributed by atoms with Crippen LogP contribution in [0.1, 0.15) is 16.1 Å². The average Bonchev–Trinajstić information content (AvgIpc) is 2.30. The summed E-state index contributed by atoms with van der Waals surface area (Å²) in [4.78, 5) is 19.1. The third-order valence-electron chi connectivity index (χ3n) is 2.26. The number of halogens is 1. The molecule has 17 heavy (non-hydrogen) atoms. The van der Waals surface area contributed by atoms with Gasteiger partial charge in [-0.2, -0.15) is 0 Å². The molecule has 4 nitrogen and oxygen atoms in total. The quantitative estimate of drug-likeness (QED) is 0.924. The SMILES string of the molecule is Cc1ccc(-c2ncc(Br)c(C(=O)O)n2)cc1. The van der Waals surface area contributed by atoms with Gasteiger partial charge in [-0.15, -0.1) is 0 Å². The number of rotatable bonds is 2. The first-order chi connectivity index (χ1) is 8.08. The molecular weight excluding hydrogens is 284 g/mol. The van der Waals surface area contributed by atoms with Crippen molar-refractivity contribution in [2.45, 2.75) is 6.92 Å². The molecule has 0 saturated carbocycles. The molecule has 0 aliphatic rings. The number of nitrogens with zero attached hydrogens (tertiary/aromatic N) is 2. The molecule has 0 saturated heterocycles. The molecule has 1 aromatic heterocycles. The van der Waals surface area contributed by atoms with Crippen molar-refractivity contribution >= 4 is 21.9 Å². The minimum atomic E-state index is -1.08. The van der Waals surface area contributed by atoms with E-state index < -0.39 is 5.97 Å². The molecule has 2 aromatic rings. The van der Waals surface area contributed by atoms with Gasteiger partial charge in [0.05, 0.1) is 4.47 Å². The van der Waals surface area contributed by atoms with Gasteiger partial charge in [0.15, 0.2) is 11.5 Å². The lowest BCUT2D eigenvalue weighted by atomic mass is 10.1. The summed E-state index contributed by atoms with van der Waals surface area (Å²) in [7, 11) is 0. The van der Waals surface area contributed by atoms with Crippen LogP contribution in [0.5, 0.6) is 0 Å². The number of carboxylic acid groups (broad SMARTS) is 1. The third-order valence-corrected chi connectivity index (χ3v) is 2.84. The molecule has 0 aliphatic carbocycles. The minimum Gasteiger partial charge on any atom is -0.476 e. The number of carboxylic acids is 1. The van der Waals surface area contributed by atoms with E-state index in [0.717, 1.165) is 11.1 Å². The van der Waals surface area contributed by atoms with Crippen LogP contribution < -0.4 is 0 Å². The summed E-state index contributed by atoms with van der Waals surface area (Å²) in [5, 5.41) is 8.96. The van der Waals surface area contributed by atoms with E-state index in [0.29, 0.717) is 10.3 Å². The first-order valence-electron chi connectivity index (χ1n) is 4.91. The van der Waals surface area contributed by atoms with Crippen molar-refractivity contribution in [2.24, 2.45) is 0 Å². The van der Waals surface area contributed by atoms with Gasteiger partial charge in [0.1, 0.15) is 0 Å². The number of aromatic carboxylic acids is 1. The smallest absolute Gasteiger partial charge is 0.355 e. The Morgan fingerprint density at radius 1 is 1.29 bits per heavy atom. The van der Waals surface area contributed by atoms with Gasteiger partial charge in [-0.3, -0.25) is 0 Å². The van der Waals surface area contributed by atoms with Crippen molar-refractivity contribution in [3.8, 4) is 11.4 Å². The number of benzene rings is 1. The van der Waals surface area contributed by atoms with E-state index in [2.05, 4.69) is 25.9 Å². The average molecular weight is 293 g/mol. The van der Waals surface area contributed by atoms with Crippen LogP contribution >= 0.6 is 15.9 Å². The normalized spacial score (nSPS) is 10.2. The second kappa shape index (κ2) is 4.63. The van der Waals surface area contributed by atoms with Gasteiger partial charge < -0.3 is 5.11 Å². The molecule has 0 bridgehead atoms. The number of hydrogen-bond acceptors (Lipinski definition) is 3. The molecular formula is C12H9BrN2O2. The predicted molar refractivity (Wildman–Crippen MR) is 66.9 cm³/mol. The molecule has 0 amide bonds. The largest absolute Gasteiger partial charge is 0.476 e. The summed E-state index contributed by atoms with van der Waals surface area (Å²) >= 11 is 3.11. The van der Waals surface area contributed by atoms with Crippen molar-refractivity contribution in [1.29, 1.82) is 0 Å². The Bertz CT molecular complexity index is 567. The molecule has 0 atom stereocenters. The van der Waals surface area contributed by atoms with Crippen LogP contribution in [-0.4, -0.2) is 21.0 Å². The summed E-state index contributed by atoms with van der Waals surface area (Å²) in [5.74, 6) is -0.668. The molecule has 0 spiro atoms. The fourth-order valence-corrected chi connectivity index (χ4v) is 1.72. The topological polar surface area (TPSA) is 63.1 Å². The summed E-state index contributed by atoms with van der Waals surface area (Å²) in [6.45, 7) is 1.98. The van der Waals surface area contributed by atoms with Crippen LogP contribution in [-0.2, 0) is 0 Å². The maximum atomic E-state index is 10.9. The number of hydrogen-bond donors (Lipinski definition) is 1. The highest BCUT2D eigenvalue weighted by molar-refractivity contribution is 9.10. The van der Waals surface area contributed by atoms with Crippen molar-refractivity contribution in [3.63, 3.8) is 0 Å². The highest BCUT2D eigenvalue weighted by Gasteiger charge is 2.12. The van der Waals surface area contributed by atoms with Crippen LogP contribution in [0.2, 0.25) is 0 Å². The number of carbonyl (C=O) groups is 1. The Morgan fingerprint density at radius 2 is 1.94 bits per heavy atom. The minimum absolute atomic E-state index is 0.0319.